The molecule has 0 bridgehead atoms. The summed E-state index contributed by atoms with van der Waals surface area (Å²) in [6, 6.07) is 16.8. The summed E-state index contributed by atoms with van der Waals surface area (Å²) < 4.78 is 1.00. The van der Waals surface area contributed by atoms with Crippen LogP contribution in [0.1, 0.15) is 47.8 Å². The highest BCUT2D eigenvalue weighted by Crippen LogP contribution is 2.28. The van der Waals surface area contributed by atoms with Crippen molar-refractivity contribution in [2.24, 2.45) is 0 Å². The maximum Gasteiger partial charge on any atom is 0.254 e. The third-order valence-corrected chi connectivity index (χ3v) is 4.53. The molecule has 0 unspecified atom stereocenters. The summed E-state index contributed by atoms with van der Waals surface area (Å²) in [4.78, 5) is 14.8. The van der Waals surface area contributed by atoms with Gasteiger partial charge in [-0.25, -0.2) is 0 Å². The molecule has 0 heterocycles. The molecule has 0 fully saturated rings. The molecule has 0 saturated carbocycles. The molecule has 2 rings (SSSR count). The van der Waals surface area contributed by atoms with Gasteiger partial charge in [0.05, 0.1) is 17.7 Å². The zero-order chi connectivity index (χ0) is 16.8. The Balaban J connectivity index is 2.31. The van der Waals surface area contributed by atoms with E-state index >= 15 is 0 Å². The van der Waals surface area contributed by atoms with Gasteiger partial charge in [-0.3, -0.25) is 4.79 Å². The van der Waals surface area contributed by atoms with Crippen LogP contribution < -0.4 is 0 Å². The minimum absolute atomic E-state index is 0.0143. The number of nitrogens with zero attached hydrogens (tertiary/aromatic N) is 2. The SMILES string of the molecule is CCCN(C(=O)c1ccc(C#N)cc1)[C@@H](C)c1ccccc1Br. The van der Waals surface area contributed by atoms with E-state index in [1.54, 1.807) is 24.3 Å². The standard InChI is InChI=1S/C19H19BrN2O/c1-3-12-22(14(2)17-6-4-5-7-18(17)20)19(23)16-10-8-15(13-21)9-11-16/h4-11,14H,3,12H2,1-2H3/t14-/m0/s1. The summed E-state index contributed by atoms with van der Waals surface area (Å²) in [5.41, 5.74) is 2.25. The van der Waals surface area contributed by atoms with Gasteiger partial charge >= 0.3 is 0 Å². The van der Waals surface area contributed by atoms with Crippen LogP contribution in [-0.2, 0) is 0 Å². The highest BCUT2D eigenvalue weighted by molar-refractivity contribution is 9.10. The smallest absolute Gasteiger partial charge is 0.254 e. The van der Waals surface area contributed by atoms with Crippen molar-refractivity contribution in [2.45, 2.75) is 26.3 Å². The van der Waals surface area contributed by atoms with Crippen LogP contribution in [0.4, 0.5) is 0 Å². The van der Waals surface area contributed by atoms with Crippen molar-refractivity contribution in [1.82, 2.24) is 4.90 Å². The van der Waals surface area contributed by atoms with Gasteiger partial charge < -0.3 is 4.90 Å². The minimum Gasteiger partial charge on any atom is -0.332 e. The van der Waals surface area contributed by atoms with Gasteiger partial charge in [-0.2, -0.15) is 5.26 Å². The van der Waals surface area contributed by atoms with Gasteiger partial charge in [0.25, 0.3) is 5.91 Å². The van der Waals surface area contributed by atoms with Gasteiger partial charge in [-0.1, -0.05) is 41.1 Å². The number of carbonyl (C=O) groups excluding carboxylic acids is 1. The average Bonchev–Trinajstić information content (AvgIpc) is 2.59. The molecule has 0 aromatic heterocycles. The van der Waals surface area contributed by atoms with Crippen molar-refractivity contribution in [3.05, 3.63) is 69.7 Å². The number of hydrogen-bond acceptors (Lipinski definition) is 2. The Morgan fingerprint density at radius 1 is 1.22 bits per heavy atom. The molecule has 1 amide bonds. The maximum atomic E-state index is 12.9. The molecule has 23 heavy (non-hydrogen) atoms. The number of benzene rings is 2. The Kier molecular flexibility index (Phi) is 5.95. The summed E-state index contributed by atoms with van der Waals surface area (Å²) in [6.45, 7) is 4.78. The zero-order valence-electron chi connectivity index (χ0n) is 13.3. The van der Waals surface area contributed by atoms with Crippen LogP contribution in [0.3, 0.4) is 0 Å². The van der Waals surface area contributed by atoms with Crippen molar-refractivity contribution in [1.29, 1.82) is 5.26 Å². The predicted molar refractivity (Wildman–Crippen MR) is 95.0 cm³/mol. The Bertz CT molecular complexity index is 719. The van der Waals surface area contributed by atoms with Crippen LogP contribution in [0, 0.1) is 11.3 Å². The summed E-state index contributed by atoms with van der Waals surface area (Å²) in [7, 11) is 0. The molecule has 0 spiro atoms. The van der Waals surface area contributed by atoms with Gasteiger partial charge in [0.15, 0.2) is 0 Å². The molecule has 0 aliphatic heterocycles. The molecule has 2 aromatic carbocycles. The summed E-state index contributed by atoms with van der Waals surface area (Å²) in [5.74, 6) is -0.0143. The fourth-order valence-corrected chi connectivity index (χ4v) is 3.16. The molecule has 118 valence electrons. The number of hydrogen-bond donors (Lipinski definition) is 0. The largest absolute Gasteiger partial charge is 0.332 e. The average molecular weight is 371 g/mol. The second kappa shape index (κ2) is 7.94. The summed E-state index contributed by atoms with van der Waals surface area (Å²) in [5, 5.41) is 8.88. The van der Waals surface area contributed by atoms with Crippen LogP contribution in [0.2, 0.25) is 0 Å². The first kappa shape index (κ1) is 17.2. The summed E-state index contributed by atoms with van der Waals surface area (Å²) in [6.07, 6.45) is 0.886. The predicted octanol–water partition coefficient (Wildman–Crippen LogP) is 4.93. The van der Waals surface area contributed by atoms with Crippen LogP contribution in [0.5, 0.6) is 0 Å². The molecular weight excluding hydrogens is 352 g/mol. The lowest BCUT2D eigenvalue weighted by Crippen LogP contribution is -2.34. The van der Waals surface area contributed by atoms with E-state index in [-0.39, 0.29) is 11.9 Å². The zero-order valence-corrected chi connectivity index (χ0v) is 14.9. The van der Waals surface area contributed by atoms with Crippen LogP contribution in [-0.4, -0.2) is 17.4 Å². The number of nitriles is 1. The van der Waals surface area contributed by atoms with Gasteiger partial charge in [0.2, 0.25) is 0 Å². The number of amides is 1. The third kappa shape index (κ3) is 4.00. The Morgan fingerprint density at radius 2 is 1.87 bits per heavy atom. The second-order valence-corrected chi connectivity index (χ2v) is 6.24. The lowest BCUT2D eigenvalue weighted by Gasteiger charge is -2.30. The van der Waals surface area contributed by atoms with Gasteiger partial charge in [0, 0.05) is 16.6 Å². The molecule has 1 atom stereocenters. The lowest BCUT2D eigenvalue weighted by molar-refractivity contribution is 0.0690. The highest BCUT2D eigenvalue weighted by Gasteiger charge is 2.23. The first-order valence-corrected chi connectivity index (χ1v) is 8.43. The van der Waals surface area contributed by atoms with Gasteiger partial charge in [0.1, 0.15) is 0 Å². The number of halogens is 1. The maximum absolute atomic E-state index is 12.9. The van der Waals surface area contributed by atoms with E-state index < -0.39 is 0 Å². The first-order chi connectivity index (χ1) is 11.1. The topological polar surface area (TPSA) is 44.1 Å². The molecule has 3 nitrogen and oxygen atoms in total. The third-order valence-electron chi connectivity index (χ3n) is 3.81. The first-order valence-electron chi connectivity index (χ1n) is 7.64. The van der Waals surface area contributed by atoms with Crippen molar-refractivity contribution in [2.75, 3.05) is 6.54 Å². The molecular formula is C19H19BrN2O. The Labute approximate surface area is 145 Å². The van der Waals surface area contributed by atoms with E-state index in [1.807, 2.05) is 36.1 Å². The molecule has 0 aliphatic rings. The van der Waals surface area contributed by atoms with Crippen molar-refractivity contribution < 1.29 is 4.79 Å². The van der Waals surface area contributed by atoms with E-state index in [9.17, 15) is 4.79 Å². The molecule has 0 N–H and O–H groups in total. The van der Waals surface area contributed by atoms with Gasteiger partial charge in [-0.15, -0.1) is 0 Å². The van der Waals surface area contributed by atoms with Crippen LogP contribution in [0.15, 0.2) is 53.0 Å². The number of rotatable bonds is 5. The highest BCUT2D eigenvalue weighted by atomic mass is 79.9. The quantitative estimate of drug-likeness (QED) is 0.748. The normalized spacial score (nSPS) is 11.6. The summed E-state index contributed by atoms with van der Waals surface area (Å²) >= 11 is 3.57. The van der Waals surface area contributed by atoms with Crippen molar-refractivity contribution in [3.8, 4) is 6.07 Å². The lowest BCUT2D eigenvalue weighted by atomic mass is 10.0. The van der Waals surface area contributed by atoms with Crippen LogP contribution in [0.25, 0.3) is 0 Å². The Morgan fingerprint density at radius 3 is 2.43 bits per heavy atom. The van der Waals surface area contributed by atoms with Crippen molar-refractivity contribution in [3.63, 3.8) is 0 Å². The van der Waals surface area contributed by atoms with Crippen LogP contribution >= 0.6 is 15.9 Å². The monoisotopic (exact) mass is 370 g/mol. The minimum atomic E-state index is -0.0336. The second-order valence-electron chi connectivity index (χ2n) is 5.39. The van der Waals surface area contributed by atoms with E-state index in [0.29, 0.717) is 17.7 Å². The molecule has 2 aromatic rings. The van der Waals surface area contributed by atoms with Gasteiger partial charge in [-0.05, 0) is 49.2 Å². The fraction of sp³-hybridized carbons (Fsp3) is 0.263. The van der Waals surface area contributed by atoms with E-state index in [4.69, 9.17) is 5.26 Å². The number of carbonyl (C=O) groups is 1. The molecule has 4 heteroatoms. The van der Waals surface area contributed by atoms with E-state index in [1.165, 1.54) is 0 Å². The van der Waals surface area contributed by atoms with E-state index in [2.05, 4.69) is 28.9 Å². The molecule has 0 saturated heterocycles. The molecule has 0 radical (unpaired) electrons. The fourth-order valence-electron chi connectivity index (χ4n) is 2.55. The Hall–Kier alpha value is -2.12. The van der Waals surface area contributed by atoms with E-state index in [0.717, 1.165) is 16.5 Å². The van der Waals surface area contributed by atoms with Crippen molar-refractivity contribution >= 4 is 21.8 Å². The molecule has 0 aliphatic carbocycles.